The van der Waals surface area contributed by atoms with Crippen molar-refractivity contribution in [3.63, 3.8) is 0 Å². The molecule has 1 rings (SSSR count). The van der Waals surface area contributed by atoms with Crippen molar-refractivity contribution in [1.82, 2.24) is 0 Å². The molecule has 6 heteroatoms. The van der Waals surface area contributed by atoms with Crippen LogP contribution >= 0.6 is 0 Å². The molecule has 116 valence electrons. The van der Waals surface area contributed by atoms with Crippen LogP contribution in [0.1, 0.15) is 49.4 Å². The molecule has 0 heterocycles. The van der Waals surface area contributed by atoms with E-state index in [1.807, 2.05) is 0 Å². The highest BCUT2D eigenvalue weighted by molar-refractivity contribution is 5.92. The number of nitrogens with zero attached hydrogens (tertiary/aromatic N) is 1. The summed E-state index contributed by atoms with van der Waals surface area (Å²) in [7, 11) is 1.36. The molecule has 1 aromatic rings. The Labute approximate surface area is 124 Å². The van der Waals surface area contributed by atoms with E-state index >= 15 is 0 Å². The molecule has 0 amide bonds. The lowest BCUT2D eigenvalue weighted by Gasteiger charge is -2.08. The van der Waals surface area contributed by atoms with Crippen molar-refractivity contribution < 1.29 is 19.2 Å². The fourth-order valence-corrected chi connectivity index (χ4v) is 1.91. The summed E-state index contributed by atoms with van der Waals surface area (Å²) in [6.07, 6.45) is 5.33. The second-order valence-corrected chi connectivity index (χ2v) is 4.69. The van der Waals surface area contributed by atoms with Crippen molar-refractivity contribution in [2.45, 2.75) is 39.0 Å². The summed E-state index contributed by atoms with van der Waals surface area (Å²) in [5.74, 6) is -0.363. The van der Waals surface area contributed by atoms with Crippen molar-refractivity contribution in [2.24, 2.45) is 0 Å². The number of methoxy groups -OCH3 is 1. The molecule has 0 aliphatic rings. The van der Waals surface area contributed by atoms with Gasteiger partial charge in [-0.05, 0) is 12.5 Å². The van der Waals surface area contributed by atoms with Gasteiger partial charge in [-0.3, -0.25) is 10.1 Å². The Morgan fingerprint density at radius 2 is 1.95 bits per heavy atom. The van der Waals surface area contributed by atoms with Crippen LogP contribution in [-0.4, -0.2) is 24.6 Å². The van der Waals surface area contributed by atoms with Crippen molar-refractivity contribution >= 4 is 11.7 Å². The van der Waals surface area contributed by atoms with Crippen LogP contribution in [-0.2, 0) is 4.74 Å². The highest BCUT2D eigenvalue weighted by Gasteiger charge is 2.17. The van der Waals surface area contributed by atoms with Gasteiger partial charge in [0.2, 0.25) is 0 Å². The maximum Gasteiger partial charge on any atom is 0.341 e. The smallest absolute Gasteiger partial charge is 0.341 e. The van der Waals surface area contributed by atoms with Crippen molar-refractivity contribution in [3.05, 3.63) is 33.9 Å². The molecule has 0 bridgehead atoms. The lowest BCUT2D eigenvalue weighted by Crippen LogP contribution is -2.08. The zero-order valence-corrected chi connectivity index (χ0v) is 12.5. The zero-order chi connectivity index (χ0) is 15.7. The second-order valence-electron chi connectivity index (χ2n) is 4.69. The number of hydrogen-bond acceptors (Lipinski definition) is 5. The molecule has 0 radical (unpaired) electrons. The fourth-order valence-electron chi connectivity index (χ4n) is 1.91. The lowest BCUT2D eigenvalue weighted by molar-refractivity contribution is -0.384. The van der Waals surface area contributed by atoms with E-state index < -0.39 is 10.9 Å². The Morgan fingerprint density at radius 3 is 2.57 bits per heavy atom. The fraction of sp³-hybridized carbons (Fsp3) is 0.533. The molecule has 0 saturated carbocycles. The van der Waals surface area contributed by atoms with Crippen molar-refractivity contribution in [1.29, 1.82) is 0 Å². The van der Waals surface area contributed by atoms with E-state index in [0.29, 0.717) is 6.61 Å². The minimum Gasteiger partial charge on any atom is -0.496 e. The van der Waals surface area contributed by atoms with Gasteiger partial charge in [-0.25, -0.2) is 4.79 Å². The average Bonchev–Trinajstić information content (AvgIpc) is 2.49. The summed E-state index contributed by atoms with van der Waals surface area (Å²) in [5, 5.41) is 10.7. The molecule has 0 N–H and O–H groups in total. The molecule has 0 aliphatic carbocycles. The Hall–Kier alpha value is -2.11. The number of hydrogen-bond donors (Lipinski definition) is 0. The van der Waals surface area contributed by atoms with Gasteiger partial charge < -0.3 is 9.47 Å². The summed E-state index contributed by atoms with van der Waals surface area (Å²) in [5.41, 5.74) is 0.0830. The van der Waals surface area contributed by atoms with Crippen LogP contribution in [0.25, 0.3) is 0 Å². The third kappa shape index (κ3) is 5.41. The monoisotopic (exact) mass is 295 g/mol. The highest BCUT2D eigenvalue weighted by atomic mass is 16.6. The van der Waals surface area contributed by atoms with Gasteiger partial charge in [0.15, 0.2) is 0 Å². The molecule has 1 aromatic carbocycles. The lowest BCUT2D eigenvalue weighted by atomic mass is 10.1. The summed E-state index contributed by atoms with van der Waals surface area (Å²) in [4.78, 5) is 22.1. The molecular formula is C15H21NO5. The summed E-state index contributed by atoms with van der Waals surface area (Å²) < 4.78 is 10.2. The molecule has 0 aliphatic heterocycles. The zero-order valence-electron chi connectivity index (χ0n) is 12.5. The molecule has 0 saturated heterocycles. The third-order valence-corrected chi connectivity index (χ3v) is 3.10. The van der Waals surface area contributed by atoms with Gasteiger partial charge >= 0.3 is 5.97 Å². The van der Waals surface area contributed by atoms with E-state index in [1.54, 1.807) is 0 Å². The van der Waals surface area contributed by atoms with Crippen LogP contribution in [0.15, 0.2) is 18.2 Å². The van der Waals surface area contributed by atoms with E-state index in [9.17, 15) is 14.9 Å². The van der Waals surface area contributed by atoms with Crippen LogP contribution in [0.5, 0.6) is 5.75 Å². The molecule has 0 atom stereocenters. The number of unbranched alkanes of at least 4 members (excludes halogenated alkanes) is 4. The number of nitro groups is 1. The first-order valence-electron chi connectivity index (χ1n) is 7.09. The van der Waals surface area contributed by atoms with Gasteiger partial charge in [0.05, 0.1) is 24.7 Å². The van der Waals surface area contributed by atoms with E-state index in [1.165, 1.54) is 38.2 Å². The van der Waals surface area contributed by atoms with E-state index in [0.717, 1.165) is 19.3 Å². The predicted molar refractivity (Wildman–Crippen MR) is 78.7 cm³/mol. The van der Waals surface area contributed by atoms with E-state index in [-0.39, 0.29) is 17.0 Å². The maximum atomic E-state index is 11.9. The third-order valence-electron chi connectivity index (χ3n) is 3.10. The largest absolute Gasteiger partial charge is 0.496 e. The number of carbonyl (C=O) groups excluding carboxylic acids is 1. The Morgan fingerprint density at radius 1 is 1.24 bits per heavy atom. The van der Waals surface area contributed by atoms with E-state index in [2.05, 4.69) is 6.92 Å². The topological polar surface area (TPSA) is 78.7 Å². The van der Waals surface area contributed by atoms with Gasteiger partial charge in [0, 0.05) is 6.07 Å². The van der Waals surface area contributed by atoms with Crippen molar-refractivity contribution in [2.75, 3.05) is 13.7 Å². The SMILES string of the molecule is CCCCCCCOC(=O)c1ccc([N+](=O)[O-])cc1OC. The van der Waals surface area contributed by atoms with Crippen LogP contribution in [0, 0.1) is 10.1 Å². The molecule has 0 aromatic heterocycles. The molecule has 0 spiro atoms. The quantitative estimate of drug-likeness (QED) is 0.300. The molecule has 21 heavy (non-hydrogen) atoms. The first-order valence-corrected chi connectivity index (χ1v) is 7.09. The Balaban J connectivity index is 2.55. The number of nitro benzene ring substituents is 1. The second kappa shape index (κ2) is 8.94. The molecule has 6 nitrogen and oxygen atoms in total. The van der Waals surface area contributed by atoms with Gasteiger partial charge in [-0.2, -0.15) is 0 Å². The molecule has 0 unspecified atom stereocenters. The summed E-state index contributed by atoms with van der Waals surface area (Å²) in [6, 6.07) is 3.84. The van der Waals surface area contributed by atoms with Gasteiger partial charge in [0.1, 0.15) is 11.3 Å². The number of rotatable bonds is 9. The first-order chi connectivity index (χ1) is 10.1. The minimum absolute atomic E-state index is 0.122. The average molecular weight is 295 g/mol. The van der Waals surface area contributed by atoms with Gasteiger partial charge in [0.25, 0.3) is 5.69 Å². The van der Waals surface area contributed by atoms with Crippen molar-refractivity contribution in [3.8, 4) is 5.75 Å². The number of benzene rings is 1. The van der Waals surface area contributed by atoms with Gasteiger partial charge in [-0.1, -0.05) is 32.6 Å². The normalized spacial score (nSPS) is 10.2. The maximum absolute atomic E-state index is 11.9. The van der Waals surface area contributed by atoms with Crippen LogP contribution in [0.3, 0.4) is 0 Å². The van der Waals surface area contributed by atoms with Crippen LogP contribution in [0.2, 0.25) is 0 Å². The van der Waals surface area contributed by atoms with Crippen LogP contribution < -0.4 is 4.74 Å². The minimum atomic E-state index is -0.536. The summed E-state index contributed by atoms with van der Waals surface area (Å²) in [6.45, 7) is 2.49. The Bertz CT molecular complexity index is 487. The highest BCUT2D eigenvalue weighted by Crippen LogP contribution is 2.25. The number of esters is 1. The standard InChI is InChI=1S/C15H21NO5/c1-3-4-5-6-7-10-21-15(17)13-9-8-12(16(18)19)11-14(13)20-2/h8-9,11H,3-7,10H2,1-2H3. The van der Waals surface area contributed by atoms with Crippen LogP contribution in [0.4, 0.5) is 5.69 Å². The number of ether oxygens (including phenoxy) is 2. The number of non-ortho nitro benzene ring substituents is 1. The molecule has 0 fully saturated rings. The van der Waals surface area contributed by atoms with Gasteiger partial charge in [-0.15, -0.1) is 0 Å². The molecular weight excluding hydrogens is 274 g/mol. The first kappa shape index (κ1) is 16.9. The summed E-state index contributed by atoms with van der Waals surface area (Å²) >= 11 is 0. The Kier molecular flexibility index (Phi) is 7.21. The number of carbonyl (C=O) groups is 1. The predicted octanol–water partition coefficient (Wildman–Crippen LogP) is 3.73. The van der Waals surface area contributed by atoms with E-state index in [4.69, 9.17) is 9.47 Å².